The van der Waals surface area contributed by atoms with Gasteiger partial charge in [0.15, 0.2) is 16.6 Å². The van der Waals surface area contributed by atoms with Gasteiger partial charge in [0.2, 0.25) is 4.96 Å². The second-order valence-electron chi connectivity index (χ2n) is 4.20. The zero-order chi connectivity index (χ0) is 14.4. The van der Waals surface area contributed by atoms with Crippen molar-refractivity contribution < 1.29 is 4.42 Å². The maximum Gasteiger partial charge on any atom is 0.235 e. The Hall–Kier alpha value is -1.89. The molecule has 0 radical (unpaired) electrons. The topological polar surface area (TPSA) is 56.2 Å². The molecule has 0 saturated carbocycles. The van der Waals surface area contributed by atoms with Gasteiger partial charge in [-0.1, -0.05) is 40.6 Å². The molecule has 104 valence electrons. The summed E-state index contributed by atoms with van der Waals surface area (Å²) in [4.78, 5) is 0.660. The molecule has 0 amide bonds. The monoisotopic (exact) mass is 336 g/mol. The molecular weight excluding hydrogens is 331 g/mol. The molecule has 4 aromatic rings. The Kier molecular flexibility index (Phi) is 2.95. The van der Waals surface area contributed by atoms with Crippen molar-refractivity contribution in [1.29, 1.82) is 0 Å². The normalized spacial score (nSPS) is 11.3. The molecular formula is C13H6Cl2N4OS. The van der Waals surface area contributed by atoms with Crippen LogP contribution in [0.15, 0.2) is 41.0 Å². The van der Waals surface area contributed by atoms with Crippen molar-refractivity contribution in [2.24, 2.45) is 0 Å². The first-order valence-electron chi connectivity index (χ1n) is 5.94. The van der Waals surface area contributed by atoms with E-state index in [9.17, 15) is 0 Å². The lowest BCUT2D eigenvalue weighted by atomic mass is 10.2. The summed E-state index contributed by atoms with van der Waals surface area (Å²) in [7, 11) is 0. The zero-order valence-corrected chi connectivity index (χ0v) is 12.7. The Morgan fingerprint density at radius 2 is 2.00 bits per heavy atom. The number of hydrogen-bond acceptors (Lipinski definition) is 5. The molecule has 0 aliphatic rings. The summed E-state index contributed by atoms with van der Waals surface area (Å²) >= 11 is 13.7. The highest BCUT2D eigenvalue weighted by Gasteiger charge is 2.18. The van der Waals surface area contributed by atoms with Gasteiger partial charge in [-0.25, -0.2) is 0 Å². The second kappa shape index (κ2) is 4.84. The molecule has 21 heavy (non-hydrogen) atoms. The number of benzene rings is 1. The van der Waals surface area contributed by atoms with E-state index in [-0.39, 0.29) is 0 Å². The number of halogens is 2. The van der Waals surface area contributed by atoms with Crippen LogP contribution in [-0.4, -0.2) is 19.8 Å². The van der Waals surface area contributed by atoms with Crippen molar-refractivity contribution in [3.05, 3.63) is 46.6 Å². The smallest absolute Gasteiger partial charge is 0.235 e. The third-order valence-corrected chi connectivity index (χ3v) is 4.65. The average molecular weight is 337 g/mol. The fourth-order valence-electron chi connectivity index (χ4n) is 1.96. The van der Waals surface area contributed by atoms with Crippen LogP contribution in [0.4, 0.5) is 0 Å². The lowest BCUT2D eigenvalue weighted by Gasteiger charge is -2.01. The van der Waals surface area contributed by atoms with Crippen molar-refractivity contribution in [3.8, 4) is 22.2 Å². The van der Waals surface area contributed by atoms with Crippen LogP contribution in [0.1, 0.15) is 0 Å². The molecule has 5 nitrogen and oxygen atoms in total. The SMILES string of the molecule is Clc1cccc(-c2nnc3sc(-c4ccco4)nn23)c1Cl. The van der Waals surface area contributed by atoms with Crippen LogP contribution < -0.4 is 0 Å². The Morgan fingerprint density at radius 3 is 2.81 bits per heavy atom. The maximum atomic E-state index is 6.24. The molecule has 0 aliphatic carbocycles. The second-order valence-corrected chi connectivity index (χ2v) is 5.95. The van der Waals surface area contributed by atoms with Crippen LogP contribution in [-0.2, 0) is 0 Å². The molecule has 3 aromatic heterocycles. The highest BCUT2D eigenvalue weighted by molar-refractivity contribution is 7.19. The van der Waals surface area contributed by atoms with Gasteiger partial charge in [-0.3, -0.25) is 0 Å². The predicted octanol–water partition coefficient (Wildman–Crippen LogP) is 4.42. The van der Waals surface area contributed by atoms with E-state index >= 15 is 0 Å². The Bertz CT molecular complexity index is 929. The van der Waals surface area contributed by atoms with Crippen LogP contribution in [0.3, 0.4) is 0 Å². The molecule has 0 N–H and O–H groups in total. The fourth-order valence-corrected chi connectivity index (χ4v) is 3.15. The van der Waals surface area contributed by atoms with Gasteiger partial charge in [-0.15, -0.1) is 15.3 Å². The van der Waals surface area contributed by atoms with Crippen LogP contribution in [0, 0.1) is 0 Å². The van der Waals surface area contributed by atoms with E-state index in [1.165, 1.54) is 11.3 Å². The first kappa shape index (κ1) is 12.8. The Balaban J connectivity index is 1.92. The summed E-state index contributed by atoms with van der Waals surface area (Å²) < 4.78 is 6.99. The minimum absolute atomic E-state index is 0.431. The highest BCUT2D eigenvalue weighted by atomic mass is 35.5. The number of rotatable bonds is 2. The van der Waals surface area contributed by atoms with E-state index in [4.69, 9.17) is 27.6 Å². The van der Waals surface area contributed by atoms with Crippen molar-refractivity contribution in [2.75, 3.05) is 0 Å². The quantitative estimate of drug-likeness (QED) is 0.543. The zero-order valence-electron chi connectivity index (χ0n) is 10.3. The number of aromatic nitrogens is 4. The number of fused-ring (bicyclic) bond motifs is 1. The molecule has 0 fully saturated rings. The minimum Gasteiger partial charge on any atom is -0.462 e. The third-order valence-electron chi connectivity index (χ3n) is 2.92. The molecule has 0 aliphatic heterocycles. The van der Waals surface area contributed by atoms with Gasteiger partial charge in [0.25, 0.3) is 0 Å². The van der Waals surface area contributed by atoms with Crippen molar-refractivity contribution in [2.45, 2.75) is 0 Å². The predicted molar refractivity (Wildman–Crippen MR) is 81.8 cm³/mol. The molecule has 0 unspecified atom stereocenters. The molecule has 0 atom stereocenters. The van der Waals surface area contributed by atoms with Gasteiger partial charge in [0, 0.05) is 5.56 Å². The van der Waals surface area contributed by atoms with Gasteiger partial charge in [-0.05, 0) is 24.3 Å². The lowest BCUT2D eigenvalue weighted by Crippen LogP contribution is -1.91. The number of nitrogens with zero attached hydrogens (tertiary/aromatic N) is 4. The van der Waals surface area contributed by atoms with E-state index < -0.39 is 0 Å². The van der Waals surface area contributed by atoms with E-state index in [0.717, 1.165) is 5.01 Å². The van der Waals surface area contributed by atoms with E-state index in [1.807, 2.05) is 24.3 Å². The molecule has 0 bridgehead atoms. The summed E-state index contributed by atoms with van der Waals surface area (Å²) in [6.07, 6.45) is 1.60. The Morgan fingerprint density at radius 1 is 1.10 bits per heavy atom. The average Bonchev–Trinajstić information content (AvgIpc) is 3.16. The van der Waals surface area contributed by atoms with E-state index in [0.29, 0.717) is 32.2 Å². The molecule has 0 saturated heterocycles. The number of furan rings is 1. The molecule has 0 spiro atoms. The summed E-state index contributed by atoms with van der Waals surface area (Å²) in [5.74, 6) is 1.24. The van der Waals surface area contributed by atoms with E-state index in [2.05, 4.69) is 15.3 Å². The lowest BCUT2D eigenvalue weighted by molar-refractivity contribution is 0.580. The van der Waals surface area contributed by atoms with Gasteiger partial charge in [-0.2, -0.15) is 4.52 Å². The van der Waals surface area contributed by atoms with Crippen LogP contribution in [0.2, 0.25) is 10.0 Å². The first-order chi connectivity index (χ1) is 10.2. The summed E-state index contributed by atoms with van der Waals surface area (Å²) in [6, 6.07) is 9.02. The van der Waals surface area contributed by atoms with Crippen LogP contribution >= 0.6 is 34.5 Å². The Labute approximate surface area is 132 Å². The van der Waals surface area contributed by atoms with Gasteiger partial charge >= 0.3 is 0 Å². The van der Waals surface area contributed by atoms with Crippen molar-refractivity contribution >= 4 is 39.5 Å². The van der Waals surface area contributed by atoms with Gasteiger partial charge in [0.05, 0.1) is 16.3 Å². The third kappa shape index (κ3) is 2.03. The standard InChI is InChI=1S/C13H6Cl2N4OS/c14-8-4-1-3-7(10(8)15)11-16-17-13-19(11)18-12(21-13)9-5-2-6-20-9/h1-6H. The molecule has 3 heterocycles. The van der Waals surface area contributed by atoms with Crippen LogP contribution in [0.25, 0.3) is 27.1 Å². The van der Waals surface area contributed by atoms with Crippen molar-refractivity contribution in [1.82, 2.24) is 19.8 Å². The van der Waals surface area contributed by atoms with Gasteiger partial charge in [0.1, 0.15) is 0 Å². The first-order valence-corrected chi connectivity index (χ1v) is 7.52. The number of hydrogen-bond donors (Lipinski definition) is 0. The molecule has 4 rings (SSSR count). The fraction of sp³-hybridized carbons (Fsp3) is 0. The largest absolute Gasteiger partial charge is 0.462 e. The van der Waals surface area contributed by atoms with Gasteiger partial charge < -0.3 is 4.42 Å². The molecule has 1 aromatic carbocycles. The molecule has 8 heteroatoms. The summed E-state index contributed by atoms with van der Waals surface area (Å²) in [6.45, 7) is 0. The van der Waals surface area contributed by atoms with Crippen molar-refractivity contribution in [3.63, 3.8) is 0 Å². The van der Waals surface area contributed by atoms with E-state index in [1.54, 1.807) is 16.8 Å². The summed E-state index contributed by atoms with van der Waals surface area (Å²) in [5, 5.41) is 14.4. The minimum atomic E-state index is 0.431. The maximum absolute atomic E-state index is 6.24. The highest BCUT2D eigenvalue weighted by Crippen LogP contribution is 2.34. The summed E-state index contributed by atoms with van der Waals surface area (Å²) in [5.41, 5.74) is 0.688. The van der Waals surface area contributed by atoms with Crippen LogP contribution in [0.5, 0.6) is 0 Å².